The van der Waals surface area contributed by atoms with E-state index in [0.29, 0.717) is 6.42 Å². The molecule has 0 bridgehead atoms. The van der Waals surface area contributed by atoms with Gasteiger partial charge in [-0.1, -0.05) is 42.5 Å². The predicted octanol–water partition coefficient (Wildman–Crippen LogP) is 3.04. The highest BCUT2D eigenvalue weighted by Gasteiger charge is 2.21. The molecule has 1 saturated heterocycles. The van der Waals surface area contributed by atoms with E-state index >= 15 is 0 Å². The SMILES string of the molecule is O=C(CNc1cccc(N2CCCC2=O)c1)NN=C/C=C\c1ccccc1. The van der Waals surface area contributed by atoms with Gasteiger partial charge in [0.15, 0.2) is 0 Å². The van der Waals surface area contributed by atoms with E-state index in [1.807, 2.05) is 60.7 Å². The predicted molar refractivity (Wildman–Crippen MR) is 109 cm³/mol. The van der Waals surface area contributed by atoms with Crippen molar-refractivity contribution in [2.24, 2.45) is 5.10 Å². The van der Waals surface area contributed by atoms with Gasteiger partial charge in [0.2, 0.25) is 5.91 Å². The summed E-state index contributed by atoms with van der Waals surface area (Å²) in [5.74, 6) is -0.107. The summed E-state index contributed by atoms with van der Waals surface area (Å²) in [5.41, 5.74) is 5.17. The van der Waals surface area contributed by atoms with Crippen LogP contribution in [0.15, 0.2) is 65.8 Å². The summed E-state index contributed by atoms with van der Waals surface area (Å²) in [5, 5.41) is 6.93. The molecule has 0 saturated carbocycles. The molecule has 3 rings (SSSR count). The lowest BCUT2D eigenvalue weighted by Gasteiger charge is -2.16. The zero-order valence-corrected chi connectivity index (χ0v) is 15.0. The Morgan fingerprint density at radius 1 is 1.15 bits per heavy atom. The molecule has 0 aromatic heterocycles. The molecule has 6 nitrogen and oxygen atoms in total. The van der Waals surface area contributed by atoms with Crippen molar-refractivity contribution in [3.05, 3.63) is 66.2 Å². The number of nitrogens with zero attached hydrogens (tertiary/aromatic N) is 2. The number of rotatable bonds is 7. The van der Waals surface area contributed by atoms with E-state index in [2.05, 4.69) is 15.8 Å². The monoisotopic (exact) mass is 362 g/mol. The van der Waals surface area contributed by atoms with Gasteiger partial charge in [0, 0.05) is 30.6 Å². The van der Waals surface area contributed by atoms with Gasteiger partial charge in [-0.3, -0.25) is 9.59 Å². The normalized spacial score (nSPS) is 14.2. The maximum absolute atomic E-state index is 11.9. The van der Waals surface area contributed by atoms with Crippen molar-refractivity contribution in [1.82, 2.24) is 5.43 Å². The Hall–Kier alpha value is -3.41. The average Bonchev–Trinajstić information content (AvgIpc) is 3.13. The van der Waals surface area contributed by atoms with E-state index in [4.69, 9.17) is 0 Å². The number of hydrazone groups is 1. The van der Waals surface area contributed by atoms with Crippen LogP contribution in [0.4, 0.5) is 11.4 Å². The molecular weight excluding hydrogens is 340 g/mol. The third-order valence-corrected chi connectivity index (χ3v) is 4.12. The van der Waals surface area contributed by atoms with Gasteiger partial charge in [0.05, 0.1) is 6.54 Å². The molecule has 1 fully saturated rings. The van der Waals surface area contributed by atoms with Crippen LogP contribution in [0.25, 0.3) is 6.08 Å². The smallest absolute Gasteiger partial charge is 0.259 e. The van der Waals surface area contributed by atoms with Crippen LogP contribution in [0, 0.1) is 0 Å². The highest BCUT2D eigenvalue weighted by molar-refractivity contribution is 5.95. The van der Waals surface area contributed by atoms with Crippen molar-refractivity contribution >= 4 is 35.5 Å². The molecular formula is C21H22N4O2. The Morgan fingerprint density at radius 2 is 2.00 bits per heavy atom. The molecule has 1 aliphatic heterocycles. The minimum absolute atomic E-state index is 0.0944. The van der Waals surface area contributed by atoms with Gasteiger partial charge >= 0.3 is 0 Å². The number of hydrogen-bond acceptors (Lipinski definition) is 4. The second-order valence-corrected chi connectivity index (χ2v) is 6.14. The average molecular weight is 362 g/mol. The summed E-state index contributed by atoms with van der Waals surface area (Å²) in [6, 6.07) is 17.3. The Morgan fingerprint density at radius 3 is 2.78 bits per heavy atom. The summed E-state index contributed by atoms with van der Waals surface area (Å²) in [7, 11) is 0. The first-order valence-electron chi connectivity index (χ1n) is 8.90. The van der Waals surface area contributed by atoms with E-state index in [-0.39, 0.29) is 18.4 Å². The number of carbonyl (C=O) groups excluding carboxylic acids is 2. The van der Waals surface area contributed by atoms with Crippen LogP contribution in [0.3, 0.4) is 0 Å². The topological polar surface area (TPSA) is 73.8 Å². The largest absolute Gasteiger partial charge is 0.376 e. The van der Waals surface area contributed by atoms with Crippen LogP contribution in [0.5, 0.6) is 0 Å². The lowest BCUT2D eigenvalue weighted by molar-refractivity contribution is -0.119. The lowest BCUT2D eigenvalue weighted by Crippen LogP contribution is -2.26. The number of carbonyl (C=O) groups is 2. The van der Waals surface area contributed by atoms with Crippen molar-refractivity contribution in [3.63, 3.8) is 0 Å². The van der Waals surface area contributed by atoms with Crippen LogP contribution < -0.4 is 15.6 Å². The van der Waals surface area contributed by atoms with Crippen LogP contribution in [0.1, 0.15) is 18.4 Å². The molecule has 0 unspecified atom stereocenters. The van der Waals surface area contributed by atoms with Gasteiger partial charge < -0.3 is 10.2 Å². The number of anilines is 2. The van der Waals surface area contributed by atoms with E-state index in [1.54, 1.807) is 11.0 Å². The summed E-state index contributed by atoms with van der Waals surface area (Å²) < 4.78 is 0. The zero-order valence-electron chi connectivity index (χ0n) is 15.0. The molecule has 1 aliphatic rings. The van der Waals surface area contributed by atoms with Gasteiger partial charge in [-0.05, 0) is 36.3 Å². The van der Waals surface area contributed by atoms with Gasteiger partial charge in [0.1, 0.15) is 0 Å². The molecule has 138 valence electrons. The molecule has 2 aromatic rings. The molecule has 1 heterocycles. The first kappa shape index (κ1) is 18.4. The summed E-state index contributed by atoms with van der Waals surface area (Å²) in [4.78, 5) is 25.5. The Bertz CT molecular complexity index is 846. The molecule has 0 radical (unpaired) electrons. The van der Waals surface area contributed by atoms with E-state index < -0.39 is 0 Å². The molecule has 0 spiro atoms. The highest BCUT2D eigenvalue weighted by Crippen LogP contribution is 2.24. The number of benzene rings is 2. The molecule has 2 N–H and O–H groups in total. The standard InChI is InChI=1S/C21H22N4O2/c26-20(24-23-13-5-9-17-7-2-1-3-8-17)16-22-18-10-4-11-19(15-18)25-14-6-12-21(25)27/h1-5,7-11,13,15,22H,6,12,14,16H2,(H,24,26)/b9-5-,23-13?. The molecule has 6 heteroatoms. The fourth-order valence-electron chi connectivity index (χ4n) is 2.80. The summed E-state index contributed by atoms with van der Waals surface area (Å²) >= 11 is 0. The first-order valence-corrected chi connectivity index (χ1v) is 8.90. The van der Waals surface area contributed by atoms with E-state index in [9.17, 15) is 9.59 Å². The molecule has 2 aromatic carbocycles. The van der Waals surface area contributed by atoms with Crippen LogP contribution in [-0.2, 0) is 9.59 Å². The minimum atomic E-state index is -0.248. The Balaban J connectivity index is 1.44. The molecule has 0 atom stereocenters. The van der Waals surface area contributed by atoms with Crippen molar-refractivity contribution < 1.29 is 9.59 Å². The van der Waals surface area contributed by atoms with Crippen molar-refractivity contribution in [1.29, 1.82) is 0 Å². The van der Waals surface area contributed by atoms with Gasteiger partial charge in [-0.25, -0.2) is 5.43 Å². The fraction of sp³-hybridized carbons (Fsp3) is 0.190. The number of allylic oxidation sites excluding steroid dienone is 1. The fourth-order valence-corrected chi connectivity index (χ4v) is 2.80. The van der Waals surface area contributed by atoms with Crippen molar-refractivity contribution in [2.45, 2.75) is 12.8 Å². The minimum Gasteiger partial charge on any atom is -0.376 e. The second-order valence-electron chi connectivity index (χ2n) is 6.14. The van der Waals surface area contributed by atoms with Crippen molar-refractivity contribution in [3.8, 4) is 0 Å². The van der Waals surface area contributed by atoms with Crippen LogP contribution >= 0.6 is 0 Å². The van der Waals surface area contributed by atoms with E-state index in [1.165, 1.54) is 6.21 Å². The zero-order chi connectivity index (χ0) is 18.9. The third kappa shape index (κ3) is 5.54. The Kier molecular flexibility index (Phi) is 6.35. The van der Waals surface area contributed by atoms with Gasteiger partial charge in [0.25, 0.3) is 5.91 Å². The first-order chi connectivity index (χ1) is 13.2. The number of nitrogens with one attached hydrogen (secondary N) is 2. The maximum Gasteiger partial charge on any atom is 0.259 e. The molecule has 0 aliphatic carbocycles. The third-order valence-electron chi connectivity index (χ3n) is 4.12. The summed E-state index contributed by atoms with van der Waals surface area (Å²) in [6.07, 6.45) is 6.68. The quantitative estimate of drug-likeness (QED) is 0.587. The summed E-state index contributed by atoms with van der Waals surface area (Å²) in [6.45, 7) is 0.838. The maximum atomic E-state index is 11.9. The Labute approximate surface area is 158 Å². The van der Waals surface area contributed by atoms with E-state index in [0.717, 1.165) is 29.9 Å². The van der Waals surface area contributed by atoms with Crippen molar-refractivity contribution in [2.75, 3.05) is 23.3 Å². The highest BCUT2D eigenvalue weighted by atomic mass is 16.2. The molecule has 2 amide bonds. The molecule has 27 heavy (non-hydrogen) atoms. The number of amides is 2. The van der Waals surface area contributed by atoms with Crippen LogP contribution in [-0.4, -0.2) is 31.1 Å². The van der Waals surface area contributed by atoms with Gasteiger partial charge in [-0.15, -0.1) is 0 Å². The second kappa shape index (κ2) is 9.33. The van der Waals surface area contributed by atoms with Gasteiger partial charge in [-0.2, -0.15) is 5.10 Å². The van der Waals surface area contributed by atoms with Crippen LogP contribution in [0.2, 0.25) is 0 Å². The number of hydrogen-bond donors (Lipinski definition) is 2. The lowest BCUT2D eigenvalue weighted by atomic mass is 10.2.